The molecule has 1 heterocycles. The van der Waals surface area contributed by atoms with Gasteiger partial charge in [0.1, 0.15) is 17.3 Å². The van der Waals surface area contributed by atoms with Crippen molar-refractivity contribution >= 4 is 29.4 Å². The number of benzene rings is 2. The average molecular weight is 400 g/mol. The number of hydrogen-bond donors (Lipinski definition) is 2. The number of halogens is 1. The molecule has 0 saturated heterocycles. The van der Waals surface area contributed by atoms with Crippen LogP contribution in [0.15, 0.2) is 58.0 Å². The monoisotopic (exact) mass is 399 g/mol. The number of rotatable bonds is 5. The first kappa shape index (κ1) is 19.1. The molecule has 1 aromatic heterocycles. The molecular weight excluding hydrogens is 386 g/mol. The first-order valence-corrected chi connectivity index (χ1v) is 8.40. The normalized spacial score (nSPS) is 10.9. The Labute approximate surface area is 164 Å². The van der Waals surface area contributed by atoms with Gasteiger partial charge in [-0.15, -0.1) is 0 Å². The first-order chi connectivity index (χ1) is 13.4. The zero-order chi connectivity index (χ0) is 20.3. The Kier molecular flexibility index (Phi) is 5.42. The molecule has 2 aromatic carbocycles. The minimum Gasteiger partial charge on any atom is -0.507 e. The van der Waals surface area contributed by atoms with Gasteiger partial charge in [-0.25, -0.2) is 5.43 Å². The van der Waals surface area contributed by atoms with E-state index in [0.717, 1.165) is 0 Å². The lowest BCUT2D eigenvalue weighted by Crippen LogP contribution is -2.17. The van der Waals surface area contributed by atoms with Crippen molar-refractivity contribution in [2.24, 2.45) is 5.10 Å². The second kappa shape index (κ2) is 7.93. The van der Waals surface area contributed by atoms with Gasteiger partial charge in [0.25, 0.3) is 11.6 Å². The number of nitro groups is 1. The molecule has 3 aromatic rings. The summed E-state index contributed by atoms with van der Waals surface area (Å²) in [5.74, 6) is -0.103. The molecule has 8 nitrogen and oxygen atoms in total. The summed E-state index contributed by atoms with van der Waals surface area (Å²) in [4.78, 5) is 22.7. The summed E-state index contributed by atoms with van der Waals surface area (Å²) in [5, 5.41) is 24.8. The van der Waals surface area contributed by atoms with E-state index in [4.69, 9.17) is 16.0 Å². The van der Waals surface area contributed by atoms with E-state index in [9.17, 15) is 20.0 Å². The molecule has 142 valence electrons. The van der Waals surface area contributed by atoms with Crippen molar-refractivity contribution in [3.63, 3.8) is 0 Å². The predicted octanol–water partition coefficient (Wildman–Crippen LogP) is 4.29. The van der Waals surface area contributed by atoms with Crippen molar-refractivity contribution in [3.05, 3.63) is 80.6 Å². The molecular formula is C19H14ClN3O5. The smallest absolute Gasteiger partial charge is 0.275 e. The fourth-order valence-electron chi connectivity index (χ4n) is 2.56. The molecule has 0 radical (unpaired) electrons. The number of amides is 1. The lowest BCUT2D eigenvalue weighted by molar-refractivity contribution is -0.385. The number of aromatic hydroxyl groups is 1. The van der Waals surface area contributed by atoms with Gasteiger partial charge in [0, 0.05) is 22.2 Å². The Morgan fingerprint density at radius 1 is 1.29 bits per heavy atom. The molecule has 0 fully saturated rings. The quantitative estimate of drug-likeness (QED) is 0.377. The average Bonchev–Trinajstić information content (AvgIpc) is 3.12. The van der Waals surface area contributed by atoms with Gasteiger partial charge in [-0.1, -0.05) is 23.7 Å². The van der Waals surface area contributed by atoms with Crippen LogP contribution in [0.2, 0.25) is 5.02 Å². The summed E-state index contributed by atoms with van der Waals surface area (Å²) in [5.41, 5.74) is 3.31. The van der Waals surface area contributed by atoms with E-state index in [1.807, 2.05) is 0 Å². The molecule has 28 heavy (non-hydrogen) atoms. The summed E-state index contributed by atoms with van der Waals surface area (Å²) in [7, 11) is 0. The number of nitrogens with one attached hydrogen (secondary N) is 1. The van der Waals surface area contributed by atoms with Gasteiger partial charge in [0.15, 0.2) is 0 Å². The Hall–Kier alpha value is -3.65. The van der Waals surface area contributed by atoms with Gasteiger partial charge in [-0.2, -0.15) is 5.10 Å². The lowest BCUT2D eigenvalue weighted by Gasteiger charge is -2.03. The first-order valence-electron chi connectivity index (χ1n) is 8.03. The van der Waals surface area contributed by atoms with E-state index in [1.54, 1.807) is 31.2 Å². The van der Waals surface area contributed by atoms with Crippen LogP contribution < -0.4 is 5.43 Å². The Morgan fingerprint density at radius 3 is 2.82 bits per heavy atom. The third kappa shape index (κ3) is 4.02. The van der Waals surface area contributed by atoms with Crippen molar-refractivity contribution in [2.45, 2.75) is 6.92 Å². The number of nitro benzene ring substituents is 1. The maximum absolute atomic E-state index is 12.0. The Morgan fingerprint density at radius 2 is 2.07 bits per heavy atom. The van der Waals surface area contributed by atoms with Crippen LogP contribution in [0.1, 0.15) is 21.7 Å². The Bertz CT molecular complexity index is 1090. The number of nitrogens with zero attached hydrogens (tertiary/aromatic N) is 2. The number of phenols is 1. The summed E-state index contributed by atoms with van der Waals surface area (Å²) in [6, 6.07) is 12.1. The second-order valence-corrected chi connectivity index (χ2v) is 6.21. The highest BCUT2D eigenvalue weighted by molar-refractivity contribution is 6.31. The summed E-state index contributed by atoms with van der Waals surface area (Å²) in [6.45, 7) is 1.64. The minimum absolute atomic E-state index is 0.00212. The fraction of sp³-hybridized carbons (Fsp3) is 0.0526. The van der Waals surface area contributed by atoms with Crippen LogP contribution in [0.4, 0.5) is 5.69 Å². The molecule has 0 bridgehead atoms. The maximum Gasteiger partial charge on any atom is 0.275 e. The summed E-state index contributed by atoms with van der Waals surface area (Å²) >= 11 is 5.81. The SMILES string of the molecule is Cc1c(-c2ccc(/C=N/NC(=O)c3cc(Cl)ccc3O)o2)cccc1[N+](=O)[O-]. The third-order valence-corrected chi connectivity index (χ3v) is 4.19. The van der Waals surface area contributed by atoms with Crippen molar-refractivity contribution in [1.82, 2.24) is 5.43 Å². The topological polar surface area (TPSA) is 118 Å². The molecule has 0 aliphatic carbocycles. The number of hydrogen-bond acceptors (Lipinski definition) is 6. The second-order valence-electron chi connectivity index (χ2n) is 5.77. The molecule has 9 heteroatoms. The highest BCUT2D eigenvalue weighted by Gasteiger charge is 2.16. The van der Waals surface area contributed by atoms with Gasteiger partial charge < -0.3 is 9.52 Å². The van der Waals surface area contributed by atoms with Gasteiger partial charge in [-0.05, 0) is 37.3 Å². The van der Waals surface area contributed by atoms with Crippen LogP contribution in [-0.4, -0.2) is 22.2 Å². The highest BCUT2D eigenvalue weighted by Crippen LogP contribution is 2.30. The molecule has 1 amide bonds. The molecule has 0 aliphatic rings. The molecule has 0 unspecified atom stereocenters. The van der Waals surface area contributed by atoms with Crippen molar-refractivity contribution in [2.75, 3.05) is 0 Å². The number of carbonyl (C=O) groups excluding carboxylic acids is 1. The maximum atomic E-state index is 12.0. The summed E-state index contributed by atoms with van der Waals surface area (Å²) in [6.07, 6.45) is 1.27. The van der Waals surface area contributed by atoms with Crippen LogP contribution in [0.25, 0.3) is 11.3 Å². The van der Waals surface area contributed by atoms with E-state index in [1.165, 1.54) is 30.5 Å². The fourth-order valence-corrected chi connectivity index (χ4v) is 2.73. The van der Waals surface area contributed by atoms with Crippen LogP contribution in [-0.2, 0) is 0 Å². The van der Waals surface area contributed by atoms with Crippen LogP contribution >= 0.6 is 11.6 Å². The third-order valence-electron chi connectivity index (χ3n) is 3.96. The van der Waals surface area contributed by atoms with Gasteiger partial charge >= 0.3 is 0 Å². The molecule has 3 rings (SSSR count). The number of carbonyl (C=O) groups is 1. The van der Waals surface area contributed by atoms with Crippen molar-refractivity contribution in [1.29, 1.82) is 0 Å². The van der Waals surface area contributed by atoms with Gasteiger partial charge in [0.05, 0.1) is 16.7 Å². The zero-order valence-corrected chi connectivity index (χ0v) is 15.3. The number of furan rings is 1. The van der Waals surface area contributed by atoms with E-state index < -0.39 is 10.8 Å². The predicted molar refractivity (Wildman–Crippen MR) is 104 cm³/mol. The van der Waals surface area contributed by atoms with Crippen LogP contribution in [0, 0.1) is 17.0 Å². The molecule has 0 atom stereocenters. The molecule has 0 spiro atoms. The van der Waals surface area contributed by atoms with E-state index in [2.05, 4.69) is 10.5 Å². The number of phenolic OH excluding ortho intramolecular Hbond substituents is 1. The van der Waals surface area contributed by atoms with E-state index in [-0.39, 0.29) is 17.0 Å². The largest absolute Gasteiger partial charge is 0.507 e. The highest BCUT2D eigenvalue weighted by atomic mass is 35.5. The minimum atomic E-state index is -0.641. The van der Waals surface area contributed by atoms with Crippen molar-refractivity contribution in [3.8, 4) is 17.1 Å². The van der Waals surface area contributed by atoms with Crippen molar-refractivity contribution < 1.29 is 19.2 Å². The lowest BCUT2D eigenvalue weighted by atomic mass is 10.1. The standard InChI is InChI=1S/C19H14ClN3O5/c1-11-14(3-2-4-16(11)23(26)27)18-8-6-13(28-18)10-21-22-19(25)15-9-12(20)5-7-17(15)24/h2-10,24H,1H3,(H,22,25)/b21-10+. The molecule has 0 saturated carbocycles. The van der Waals surface area contributed by atoms with E-state index >= 15 is 0 Å². The Balaban J connectivity index is 1.75. The van der Waals surface area contributed by atoms with Gasteiger partial charge in [-0.3, -0.25) is 14.9 Å². The van der Waals surface area contributed by atoms with Crippen LogP contribution in [0.5, 0.6) is 5.75 Å². The molecule has 0 aliphatic heterocycles. The number of hydrazone groups is 1. The van der Waals surface area contributed by atoms with Crippen LogP contribution in [0.3, 0.4) is 0 Å². The molecule has 2 N–H and O–H groups in total. The van der Waals surface area contributed by atoms with Gasteiger partial charge in [0.2, 0.25) is 0 Å². The van der Waals surface area contributed by atoms with E-state index in [0.29, 0.717) is 27.7 Å². The summed E-state index contributed by atoms with van der Waals surface area (Å²) < 4.78 is 5.62. The zero-order valence-electron chi connectivity index (χ0n) is 14.5.